The van der Waals surface area contributed by atoms with Crippen LogP contribution in [0.15, 0.2) is 47.4 Å². The maximum Gasteiger partial charge on any atom is 0.186 e. The molecule has 19 heavy (non-hydrogen) atoms. The molecule has 2 aromatic rings. The third kappa shape index (κ3) is 3.56. The number of halogens is 2. The van der Waals surface area contributed by atoms with Crippen LogP contribution >= 0.6 is 0 Å². The highest BCUT2D eigenvalue weighted by atomic mass is 32.2. The van der Waals surface area contributed by atoms with Crippen molar-refractivity contribution in [2.75, 3.05) is 0 Å². The second-order valence-corrected chi connectivity index (χ2v) is 4.79. The lowest BCUT2D eigenvalue weighted by Gasteiger charge is -1.98. The molecule has 0 spiro atoms. The molecule has 5 heteroatoms. The van der Waals surface area contributed by atoms with Crippen LogP contribution in [0.3, 0.4) is 0 Å². The highest BCUT2D eigenvalue weighted by Gasteiger charge is 2.01. The van der Waals surface area contributed by atoms with E-state index in [9.17, 15) is 13.0 Å². The van der Waals surface area contributed by atoms with Crippen LogP contribution in [0.4, 0.5) is 8.78 Å². The molecule has 1 unspecified atom stereocenters. The van der Waals surface area contributed by atoms with E-state index in [1.54, 1.807) is 18.2 Å². The molecule has 0 fully saturated rings. The molecule has 0 bridgehead atoms. The van der Waals surface area contributed by atoms with Crippen molar-refractivity contribution in [2.24, 2.45) is 0 Å². The Morgan fingerprint density at radius 1 is 1.00 bits per heavy atom. The lowest BCUT2D eigenvalue weighted by atomic mass is 10.1. The minimum atomic E-state index is -2.01. The van der Waals surface area contributed by atoms with Crippen LogP contribution in [0.5, 0.6) is 0 Å². The molecule has 0 aliphatic rings. The minimum absolute atomic E-state index is 0.274. The SMILES string of the molecule is O=S(O)c1ccc(/C=C/c2ccc(F)cc2F)cc1. The van der Waals surface area contributed by atoms with Crippen LogP contribution in [-0.4, -0.2) is 8.76 Å². The van der Waals surface area contributed by atoms with Gasteiger partial charge in [-0.25, -0.2) is 13.0 Å². The van der Waals surface area contributed by atoms with Crippen molar-refractivity contribution in [1.82, 2.24) is 0 Å². The maximum absolute atomic E-state index is 13.4. The molecule has 1 N–H and O–H groups in total. The Morgan fingerprint density at radius 2 is 1.68 bits per heavy atom. The Labute approximate surface area is 111 Å². The first-order chi connectivity index (χ1) is 9.06. The van der Waals surface area contributed by atoms with Crippen LogP contribution in [0.2, 0.25) is 0 Å². The minimum Gasteiger partial charge on any atom is -0.302 e. The number of benzene rings is 2. The zero-order chi connectivity index (χ0) is 13.8. The van der Waals surface area contributed by atoms with E-state index in [1.165, 1.54) is 30.3 Å². The average molecular weight is 280 g/mol. The standard InChI is InChI=1S/C14H10F2O2S/c15-12-6-5-11(14(16)9-12)4-1-10-2-7-13(8-3-10)19(17)18/h1-9H,(H,17,18)/b4-1+. The summed E-state index contributed by atoms with van der Waals surface area (Å²) in [5.41, 5.74) is 1.02. The Balaban J connectivity index is 2.20. The molecular formula is C14H10F2O2S. The van der Waals surface area contributed by atoms with Crippen molar-refractivity contribution in [3.05, 3.63) is 65.2 Å². The fraction of sp³-hybridized carbons (Fsp3) is 0. The van der Waals surface area contributed by atoms with Gasteiger partial charge in [-0.05, 0) is 29.8 Å². The van der Waals surface area contributed by atoms with Gasteiger partial charge in [0.25, 0.3) is 0 Å². The van der Waals surface area contributed by atoms with Gasteiger partial charge < -0.3 is 4.55 Å². The predicted octanol–water partition coefficient (Wildman–Crippen LogP) is 3.72. The van der Waals surface area contributed by atoms with Crippen molar-refractivity contribution in [3.63, 3.8) is 0 Å². The van der Waals surface area contributed by atoms with Gasteiger partial charge in [-0.3, -0.25) is 0 Å². The Hall–Kier alpha value is -1.85. The predicted molar refractivity (Wildman–Crippen MR) is 70.8 cm³/mol. The van der Waals surface area contributed by atoms with E-state index in [2.05, 4.69) is 0 Å². The summed E-state index contributed by atoms with van der Waals surface area (Å²) in [4.78, 5) is 0.296. The molecule has 0 amide bonds. The summed E-state index contributed by atoms with van der Waals surface area (Å²) in [6, 6.07) is 9.65. The van der Waals surface area contributed by atoms with E-state index in [0.29, 0.717) is 4.90 Å². The van der Waals surface area contributed by atoms with Crippen LogP contribution in [0.1, 0.15) is 11.1 Å². The lowest BCUT2D eigenvalue weighted by molar-refractivity contribution is 0.564. The third-order valence-electron chi connectivity index (χ3n) is 2.50. The van der Waals surface area contributed by atoms with Crippen molar-refractivity contribution in [1.29, 1.82) is 0 Å². The summed E-state index contributed by atoms with van der Waals surface area (Å²) >= 11 is -2.01. The first kappa shape index (κ1) is 13.6. The lowest BCUT2D eigenvalue weighted by Crippen LogP contribution is -1.87. The average Bonchev–Trinajstić information content (AvgIpc) is 2.38. The van der Waals surface area contributed by atoms with E-state index >= 15 is 0 Å². The summed E-state index contributed by atoms with van der Waals surface area (Å²) in [5.74, 6) is -1.26. The summed E-state index contributed by atoms with van der Waals surface area (Å²) < 4.78 is 45.7. The highest BCUT2D eigenvalue weighted by molar-refractivity contribution is 7.79. The third-order valence-corrected chi connectivity index (χ3v) is 3.18. The maximum atomic E-state index is 13.4. The smallest absolute Gasteiger partial charge is 0.186 e. The Bertz CT molecular complexity index is 636. The van der Waals surface area contributed by atoms with Crippen molar-refractivity contribution < 1.29 is 17.5 Å². The van der Waals surface area contributed by atoms with Crippen LogP contribution < -0.4 is 0 Å². The summed E-state index contributed by atoms with van der Waals surface area (Å²) in [5, 5.41) is 0. The summed E-state index contributed by atoms with van der Waals surface area (Å²) in [7, 11) is 0. The second kappa shape index (κ2) is 5.86. The first-order valence-corrected chi connectivity index (χ1v) is 6.51. The van der Waals surface area contributed by atoms with E-state index < -0.39 is 22.7 Å². The van der Waals surface area contributed by atoms with Gasteiger partial charge in [0.05, 0.1) is 4.90 Å². The van der Waals surface area contributed by atoms with E-state index in [1.807, 2.05) is 0 Å². The van der Waals surface area contributed by atoms with Gasteiger partial charge in [-0.1, -0.05) is 24.3 Å². The topological polar surface area (TPSA) is 37.3 Å². The van der Waals surface area contributed by atoms with Crippen molar-refractivity contribution in [2.45, 2.75) is 4.90 Å². The fourth-order valence-electron chi connectivity index (χ4n) is 1.52. The van der Waals surface area contributed by atoms with Gasteiger partial charge in [-0.2, -0.15) is 0 Å². The molecule has 2 rings (SSSR count). The van der Waals surface area contributed by atoms with Crippen LogP contribution in [0.25, 0.3) is 12.2 Å². The molecule has 0 heterocycles. The van der Waals surface area contributed by atoms with E-state index in [4.69, 9.17) is 4.55 Å². The number of hydrogen-bond donors (Lipinski definition) is 1. The van der Waals surface area contributed by atoms with Gasteiger partial charge in [0.15, 0.2) is 11.1 Å². The van der Waals surface area contributed by atoms with Gasteiger partial charge >= 0.3 is 0 Å². The van der Waals surface area contributed by atoms with Gasteiger partial charge in [0.2, 0.25) is 0 Å². The summed E-state index contributed by atoms with van der Waals surface area (Å²) in [6.45, 7) is 0. The number of rotatable bonds is 3. The van der Waals surface area contributed by atoms with Gasteiger partial charge in [0, 0.05) is 11.6 Å². The van der Waals surface area contributed by atoms with E-state index in [-0.39, 0.29) is 5.56 Å². The molecule has 0 radical (unpaired) electrons. The fourth-order valence-corrected chi connectivity index (χ4v) is 1.89. The summed E-state index contributed by atoms with van der Waals surface area (Å²) in [6.07, 6.45) is 3.15. The number of hydrogen-bond acceptors (Lipinski definition) is 1. The normalized spacial score (nSPS) is 12.8. The van der Waals surface area contributed by atoms with Gasteiger partial charge in [-0.15, -0.1) is 0 Å². The zero-order valence-corrected chi connectivity index (χ0v) is 10.5. The van der Waals surface area contributed by atoms with E-state index in [0.717, 1.165) is 11.6 Å². The molecule has 0 saturated carbocycles. The molecular weight excluding hydrogens is 270 g/mol. The molecule has 0 saturated heterocycles. The molecule has 1 atom stereocenters. The Kier molecular flexibility index (Phi) is 4.19. The molecule has 0 aromatic heterocycles. The second-order valence-electron chi connectivity index (χ2n) is 3.82. The molecule has 98 valence electrons. The molecule has 0 aliphatic heterocycles. The van der Waals surface area contributed by atoms with Crippen LogP contribution in [-0.2, 0) is 11.1 Å². The van der Waals surface area contributed by atoms with Crippen molar-refractivity contribution >= 4 is 23.2 Å². The highest BCUT2D eigenvalue weighted by Crippen LogP contribution is 2.14. The first-order valence-electron chi connectivity index (χ1n) is 5.40. The van der Waals surface area contributed by atoms with Crippen molar-refractivity contribution in [3.8, 4) is 0 Å². The zero-order valence-electron chi connectivity index (χ0n) is 9.72. The monoisotopic (exact) mass is 280 g/mol. The molecule has 2 nitrogen and oxygen atoms in total. The Morgan fingerprint density at radius 3 is 2.26 bits per heavy atom. The molecule has 0 aliphatic carbocycles. The quantitative estimate of drug-likeness (QED) is 0.687. The molecule has 2 aromatic carbocycles. The van der Waals surface area contributed by atoms with Crippen LogP contribution in [0, 0.1) is 11.6 Å². The largest absolute Gasteiger partial charge is 0.302 e. The van der Waals surface area contributed by atoms with Gasteiger partial charge in [0.1, 0.15) is 11.6 Å².